The van der Waals surface area contributed by atoms with Crippen LogP contribution in [-0.4, -0.2) is 27.6 Å². The summed E-state index contributed by atoms with van der Waals surface area (Å²) in [5, 5.41) is 11.7. The number of methoxy groups -OCH3 is 1. The molecular weight excluding hydrogens is 386 g/mol. The number of thiophene rings is 1. The van der Waals surface area contributed by atoms with E-state index in [9.17, 15) is 19.7 Å². The number of aromatic nitrogens is 2. The first kappa shape index (κ1) is 19.5. The van der Waals surface area contributed by atoms with Crippen LogP contribution < -0.4 is 15.0 Å². The zero-order chi connectivity index (χ0) is 20.4. The molecule has 0 bridgehead atoms. The van der Waals surface area contributed by atoms with Gasteiger partial charge in [-0.2, -0.15) is 0 Å². The molecule has 2 heterocycles. The summed E-state index contributed by atoms with van der Waals surface area (Å²) in [6.07, 6.45) is 1.25. The predicted octanol–water partition coefficient (Wildman–Crippen LogP) is 2.99. The molecule has 0 spiro atoms. The van der Waals surface area contributed by atoms with E-state index >= 15 is 0 Å². The van der Waals surface area contributed by atoms with Gasteiger partial charge < -0.3 is 9.47 Å². The average Bonchev–Trinajstić information content (AvgIpc) is 2.96. The van der Waals surface area contributed by atoms with E-state index in [1.54, 1.807) is 0 Å². The van der Waals surface area contributed by atoms with E-state index in [1.807, 2.05) is 13.8 Å². The molecule has 0 fully saturated rings. The van der Waals surface area contributed by atoms with Gasteiger partial charge in [-0.25, -0.2) is 4.98 Å². The van der Waals surface area contributed by atoms with E-state index in [1.165, 1.54) is 47.5 Å². The van der Waals surface area contributed by atoms with Crippen LogP contribution in [0.2, 0.25) is 0 Å². The maximum absolute atomic E-state index is 12.6. The molecule has 0 saturated heterocycles. The van der Waals surface area contributed by atoms with Gasteiger partial charge in [0.2, 0.25) is 5.75 Å². The number of esters is 1. The Morgan fingerprint density at radius 1 is 1.36 bits per heavy atom. The monoisotopic (exact) mass is 403 g/mol. The zero-order valence-corrected chi connectivity index (χ0v) is 16.2. The van der Waals surface area contributed by atoms with Crippen LogP contribution in [0.1, 0.15) is 16.9 Å². The summed E-state index contributed by atoms with van der Waals surface area (Å²) >= 11 is 1.44. The lowest BCUT2D eigenvalue weighted by Crippen LogP contribution is -2.23. The number of rotatable bonds is 6. The normalized spacial score (nSPS) is 10.8. The molecule has 0 aliphatic carbocycles. The summed E-state index contributed by atoms with van der Waals surface area (Å²) in [5.74, 6) is -0.599. The summed E-state index contributed by atoms with van der Waals surface area (Å²) < 4.78 is 11.4. The summed E-state index contributed by atoms with van der Waals surface area (Å²) in [7, 11) is 1.38. The van der Waals surface area contributed by atoms with Crippen LogP contribution in [0.3, 0.4) is 0 Å². The summed E-state index contributed by atoms with van der Waals surface area (Å²) in [6.45, 7) is 3.84. The molecule has 0 saturated carbocycles. The third kappa shape index (κ3) is 3.72. The number of hydrogen-bond acceptors (Lipinski definition) is 8. The highest BCUT2D eigenvalue weighted by molar-refractivity contribution is 7.18. The number of aryl methyl sites for hydroxylation is 3. The molecule has 0 amide bonds. The van der Waals surface area contributed by atoms with E-state index in [4.69, 9.17) is 9.47 Å². The molecule has 0 radical (unpaired) electrons. The minimum Gasteiger partial charge on any atom is -0.496 e. The molecule has 9 nitrogen and oxygen atoms in total. The van der Waals surface area contributed by atoms with Gasteiger partial charge >= 0.3 is 11.7 Å². The Balaban J connectivity index is 1.76. The van der Waals surface area contributed by atoms with Gasteiger partial charge in [0.1, 0.15) is 10.6 Å². The smallest absolute Gasteiger partial charge is 0.315 e. The molecule has 3 aromatic rings. The largest absolute Gasteiger partial charge is 0.496 e. The third-order valence-corrected chi connectivity index (χ3v) is 5.41. The summed E-state index contributed by atoms with van der Waals surface area (Å²) in [5.41, 5.74) is 0.274. The zero-order valence-electron chi connectivity index (χ0n) is 15.4. The molecular formula is C18H17N3O6S. The van der Waals surface area contributed by atoms with Gasteiger partial charge in [-0.1, -0.05) is 0 Å². The summed E-state index contributed by atoms with van der Waals surface area (Å²) in [4.78, 5) is 41.2. The van der Waals surface area contributed by atoms with Crippen molar-refractivity contribution in [3.63, 3.8) is 0 Å². The molecule has 28 heavy (non-hydrogen) atoms. The van der Waals surface area contributed by atoms with Gasteiger partial charge in [0.05, 0.1) is 36.2 Å². The molecule has 2 aromatic heterocycles. The quantitative estimate of drug-likeness (QED) is 0.269. The Kier molecular flexibility index (Phi) is 5.41. The molecule has 0 N–H and O–H groups in total. The van der Waals surface area contributed by atoms with Gasteiger partial charge in [0, 0.05) is 11.4 Å². The molecule has 146 valence electrons. The number of fused-ring (bicyclic) bond motifs is 1. The maximum Gasteiger partial charge on any atom is 0.315 e. The fourth-order valence-electron chi connectivity index (χ4n) is 2.67. The van der Waals surface area contributed by atoms with Crippen LogP contribution in [0.5, 0.6) is 11.5 Å². The molecule has 3 rings (SSSR count). The number of benzene rings is 1. The highest BCUT2D eigenvalue weighted by Gasteiger charge is 2.20. The van der Waals surface area contributed by atoms with Gasteiger partial charge in [-0.05, 0) is 31.5 Å². The third-order valence-electron chi connectivity index (χ3n) is 4.30. The van der Waals surface area contributed by atoms with Gasteiger partial charge in [0.15, 0.2) is 0 Å². The van der Waals surface area contributed by atoms with Crippen molar-refractivity contribution < 1.29 is 19.2 Å². The van der Waals surface area contributed by atoms with E-state index in [0.29, 0.717) is 10.2 Å². The van der Waals surface area contributed by atoms with Gasteiger partial charge in [-0.3, -0.25) is 24.3 Å². The van der Waals surface area contributed by atoms with E-state index in [2.05, 4.69) is 4.98 Å². The number of nitro benzene ring substituents is 1. The fraction of sp³-hybridized carbons (Fsp3) is 0.278. The second kappa shape index (κ2) is 7.77. The lowest BCUT2D eigenvalue weighted by atomic mass is 10.2. The Bertz CT molecular complexity index is 1130. The van der Waals surface area contributed by atoms with E-state index in [-0.39, 0.29) is 35.7 Å². The lowest BCUT2D eigenvalue weighted by molar-refractivity contribution is -0.385. The van der Waals surface area contributed by atoms with Crippen molar-refractivity contribution >= 4 is 33.2 Å². The Morgan fingerprint density at radius 2 is 2.11 bits per heavy atom. The number of carbonyl (C=O) groups excluding carboxylic acids is 1. The van der Waals surface area contributed by atoms with Crippen molar-refractivity contribution in [1.29, 1.82) is 0 Å². The second-order valence-corrected chi connectivity index (χ2v) is 7.22. The van der Waals surface area contributed by atoms with Crippen molar-refractivity contribution in [2.75, 3.05) is 7.11 Å². The topological polar surface area (TPSA) is 114 Å². The first-order chi connectivity index (χ1) is 13.3. The Morgan fingerprint density at radius 3 is 2.79 bits per heavy atom. The standard InChI is InChI=1S/C18H17N3O6S/c1-10-11(2)28-17-16(10)18(23)20(9-19-17)7-6-15(22)27-14-5-4-12(26-3)8-13(14)21(24)25/h4-5,8-9H,6-7H2,1-3H3. The first-order valence-electron chi connectivity index (χ1n) is 8.30. The minimum absolute atomic E-state index is 0.0545. The van der Waals surface area contributed by atoms with Crippen LogP contribution in [0, 0.1) is 24.0 Å². The Labute approximate surface area is 163 Å². The highest BCUT2D eigenvalue weighted by atomic mass is 32.1. The van der Waals surface area contributed by atoms with Crippen LogP contribution in [0.4, 0.5) is 5.69 Å². The number of nitro groups is 1. The number of nitrogens with zero attached hydrogens (tertiary/aromatic N) is 3. The predicted molar refractivity (Wildman–Crippen MR) is 103 cm³/mol. The fourth-order valence-corrected chi connectivity index (χ4v) is 3.66. The molecule has 0 atom stereocenters. The maximum atomic E-state index is 12.6. The summed E-state index contributed by atoms with van der Waals surface area (Å²) in [6, 6.07) is 3.93. The van der Waals surface area contributed by atoms with Gasteiger partial charge in [-0.15, -0.1) is 11.3 Å². The van der Waals surface area contributed by atoms with Crippen molar-refractivity contribution in [2.24, 2.45) is 0 Å². The van der Waals surface area contributed by atoms with Gasteiger partial charge in [0.25, 0.3) is 5.56 Å². The molecule has 10 heteroatoms. The van der Waals surface area contributed by atoms with Crippen molar-refractivity contribution in [1.82, 2.24) is 9.55 Å². The van der Waals surface area contributed by atoms with Crippen LogP contribution in [-0.2, 0) is 11.3 Å². The van der Waals surface area contributed by atoms with Crippen LogP contribution in [0.15, 0.2) is 29.3 Å². The van der Waals surface area contributed by atoms with Crippen LogP contribution in [0.25, 0.3) is 10.2 Å². The first-order valence-corrected chi connectivity index (χ1v) is 9.11. The average molecular weight is 403 g/mol. The van der Waals surface area contributed by atoms with Crippen LogP contribution >= 0.6 is 11.3 Å². The SMILES string of the molecule is COc1ccc(OC(=O)CCn2cnc3sc(C)c(C)c3c2=O)c([N+](=O)[O-])c1. The number of ether oxygens (including phenoxy) is 2. The molecule has 0 aliphatic heterocycles. The number of carbonyl (C=O) groups is 1. The number of hydrogen-bond donors (Lipinski definition) is 0. The van der Waals surface area contributed by atoms with Crippen molar-refractivity contribution in [3.8, 4) is 11.5 Å². The van der Waals surface area contributed by atoms with E-state index in [0.717, 1.165) is 10.4 Å². The minimum atomic E-state index is -0.696. The van der Waals surface area contributed by atoms with E-state index < -0.39 is 10.9 Å². The van der Waals surface area contributed by atoms with Crippen molar-refractivity contribution in [3.05, 3.63) is 55.4 Å². The Hall–Kier alpha value is -3.27. The molecule has 1 aromatic carbocycles. The molecule has 0 unspecified atom stereocenters. The van der Waals surface area contributed by atoms with Crippen molar-refractivity contribution in [2.45, 2.75) is 26.8 Å². The lowest BCUT2D eigenvalue weighted by Gasteiger charge is -2.08. The molecule has 0 aliphatic rings. The second-order valence-electron chi connectivity index (χ2n) is 6.02. The highest BCUT2D eigenvalue weighted by Crippen LogP contribution is 2.31.